The third kappa shape index (κ3) is 3.86. The second-order valence-electron chi connectivity index (χ2n) is 6.44. The first-order chi connectivity index (χ1) is 13.7. The molecule has 6 nitrogen and oxygen atoms in total. The number of aromatic nitrogens is 3. The second kappa shape index (κ2) is 7.92. The molecule has 0 amide bonds. The molecule has 28 heavy (non-hydrogen) atoms. The molecule has 0 spiro atoms. The molecule has 2 aromatic carbocycles. The summed E-state index contributed by atoms with van der Waals surface area (Å²) in [6.07, 6.45) is 3.53. The third-order valence-electron chi connectivity index (χ3n) is 4.45. The Kier molecular flexibility index (Phi) is 5.01. The molecule has 2 heterocycles. The van der Waals surface area contributed by atoms with E-state index < -0.39 is 0 Å². The zero-order valence-corrected chi connectivity index (χ0v) is 15.8. The van der Waals surface area contributed by atoms with Gasteiger partial charge < -0.3 is 15.4 Å². The van der Waals surface area contributed by atoms with Gasteiger partial charge in [-0.05, 0) is 31.2 Å². The minimum Gasteiger partial charge on any atom is -0.496 e. The molecule has 4 aromatic rings. The van der Waals surface area contributed by atoms with E-state index in [2.05, 4.69) is 44.6 Å². The molecule has 0 radical (unpaired) electrons. The molecule has 0 aliphatic heterocycles. The van der Waals surface area contributed by atoms with Crippen molar-refractivity contribution in [3.8, 4) is 5.75 Å². The van der Waals surface area contributed by atoms with Crippen LogP contribution in [0.25, 0.3) is 10.9 Å². The van der Waals surface area contributed by atoms with Gasteiger partial charge in [0.05, 0.1) is 18.0 Å². The number of pyridine rings is 1. The monoisotopic (exact) mass is 371 g/mol. The highest BCUT2D eigenvalue weighted by molar-refractivity contribution is 5.90. The summed E-state index contributed by atoms with van der Waals surface area (Å²) in [7, 11) is 1.67. The van der Waals surface area contributed by atoms with Crippen molar-refractivity contribution in [3.05, 3.63) is 78.1 Å². The van der Waals surface area contributed by atoms with Crippen LogP contribution < -0.4 is 15.4 Å². The van der Waals surface area contributed by atoms with E-state index in [1.54, 1.807) is 19.5 Å². The molecule has 6 heteroatoms. The Morgan fingerprint density at radius 3 is 2.61 bits per heavy atom. The van der Waals surface area contributed by atoms with Crippen LogP contribution in [0.5, 0.6) is 5.75 Å². The molecular weight excluding hydrogens is 350 g/mol. The van der Waals surface area contributed by atoms with Crippen LogP contribution in [0.15, 0.2) is 67.0 Å². The molecule has 0 unspecified atom stereocenters. The van der Waals surface area contributed by atoms with Gasteiger partial charge in [0.1, 0.15) is 11.6 Å². The number of ether oxygens (including phenoxy) is 1. The molecule has 0 atom stereocenters. The Balaban J connectivity index is 1.55. The number of hydrogen-bond acceptors (Lipinski definition) is 6. The maximum Gasteiger partial charge on any atom is 0.223 e. The highest BCUT2D eigenvalue weighted by atomic mass is 16.5. The van der Waals surface area contributed by atoms with Gasteiger partial charge in [0.25, 0.3) is 0 Å². The topological polar surface area (TPSA) is 72.0 Å². The number of anilines is 3. The zero-order valence-electron chi connectivity index (χ0n) is 15.8. The molecule has 2 aromatic heterocycles. The van der Waals surface area contributed by atoms with Gasteiger partial charge in [-0.15, -0.1) is 0 Å². The van der Waals surface area contributed by atoms with E-state index in [0.717, 1.165) is 33.7 Å². The first kappa shape index (κ1) is 17.7. The fraction of sp³-hybridized carbons (Fsp3) is 0.136. The molecule has 0 saturated carbocycles. The Hall–Kier alpha value is -3.67. The average molecular weight is 371 g/mol. The van der Waals surface area contributed by atoms with Crippen molar-refractivity contribution in [3.63, 3.8) is 0 Å². The molecule has 4 rings (SSSR count). The largest absolute Gasteiger partial charge is 0.496 e. The molecule has 0 aliphatic carbocycles. The van der Waals surface area contributed by atoms with Gasteiger partial charge in [-0.25, -0.2) is 15.0 Å². The molecule has 140 valence electrons. The molecule has 0 fully saturated rings. The number of aryl methyl sites for hydroxylation is 1. The van der Waals surface area contributed by atoms with Crippen LogP contribution >= 0.6 is 0 Å². The maximum atomic E-state index is 5.39. The highest BCUT2D eigenvalue weighted by Gasteiger charge is 2.07. The van der Waals surface area contributed by atoms with E-state index in [1.807, 2.05) is 42.5 Å². The van der Waals surface area contributed by atoms with Crippen LogP contribution in [-0.4, -0.2) is 22.1 Å². The molecule has 0 aliphatic rings. The summed E-state index contributed by atoms with van der Waals surface area (Å²) in [6.45, 7) is 2.64. The van der Waals surface area contributed by atoms with Gasteiger partial charge in [0.2, 0.25) is 5.95 Å². The van der Waals surface area contributed by atoms with Crippen molar-refractivity contribution < 1.29 is 4.74 Å². The number of benzene rings is 2. The zero-order chi connectivity index (χ0) is 19.3. The summed E-state index contributed by atoms with van der Waals surface area (Å²) in [4.78, 5) is 13.5. The van der Waals surface area contributed by atoms with Crippen molar-refractivity contribution in [1.29, 1.82) is 0 Å². The predicted octanol–water partition coefficient (Wildman–Crippen LogP) is 4.70. The lowest BCUT2D eigenvalue weighted by Gasteiger charge is -2.11. The lowest BCUT2D eigenvalue weighted by molar-refractivity contribution is 0.410. The van der Waals surface area contributed by atoms with Gasteiger partial charge in [0, 0.05) is 30.2 Å². The Bertz CT molecular complexity index is 1100. The van der Waals surface area contributed by atoms with E-state index in [0.29, 0.717) is 12.5 Å². The first-order valence-corrected chi connectivity index (χ1v) is 9.04. The number of rotatable bonds is 6. The molecule has 2 N–H and O–H groups in total. The Labute approximate surface area is 163 Å². The summed E-state index contributed by atoms with van der Waals surface area (Å²) < 4.78 is 5.39. The number of nitrogens with one attached hydrogen (secondary N) is 2. The summed E-state index contributed by atoms with van der Waals surface area (Å²) in [5, 5.41) is 7.47. The van der Waals surface area contributed by atoms with Crippen LogP contribution in [0.3, 0.4) is 0 Å². The summed E-state index contributed by atoms with van der Waals surface area (Å²) in [6, 6.07) is 17.9. The SMILES string of the molecule is COc1ccccc1CNc1ncc2c(Nc3ccc(C)cc3)nccc2n1. The van der Waals surface area contributed by atoms with Crippen molar-refractivity contribution >= 4 is 28.4 Å². The summed E-state index contributed by atoms with van der Waals surface area (Å²) in [5.74, 6) is 2.13. The third-order valence-corrected chi connectivity index (χ3v) is 4.45. The van der Waals surface area contributed by atoms with Crippen molar-refractivity contribution in [2.45, 2.75) is 13.5 Å². The van der Waals surface area contributed by atoms with E-state index in [9.17, 15) is 0 Å². The fourth-order valence-electron chi connectivity index (χ4n) is 2.94. The van der Waals surface area contributed by atoms with Crippen molar-refractivity contribution in [2.75, 3.05) is 17.7 Å². The number of nitrogens with zero attached hydrogens (tertiary/aromatic N) is 3. The predicted molar refractivity (Wildman–Crippen MR) is 112 cm³/mol. The van der Waals surface area contributed by atoms with E-state index in [1.165, 1.54) is 5.56 Å². The average Bonchev–Trinajstić information content (AvgIpc) is 2.74. The van der Waals surface area contributed by atoms with Gasteiger partial charge >= 0.3 is 0 Å². The molecule has 0 saturated heterocycles. The van der Waals surface area contributed by atoms with Gasteiger partial charge in [0.15, 0.2) is 0 Å². The first-order valence-electron chi connectivity index (χ1n) is 9.04. The van der Waals surface area contributed by atoms with Gasteiger partial charge in [-0.2, -0.15) is 0 Å². The lowest BCUT2D eigenvalue weighted by Crippen LogP contribution is -2.05. The minimum absolute atomic E-state index is 0.561. The fourth-order valence-corrected chi connectivity index (χ4v) is 2.94. The quantitative estimate of drug-likeness (QED) is 0.512. The summed E-state index contributed by atoms with van der Waals surface area (Å²) >= 11 is 0. The van der Waals surface area contributed by atoms with Crippen molar-refractivity contribution in [2.24, 2.45) is 0 Å². The number of methoxy groups -OCH3 is 1. The minimum atomic E-state index is 0.561. The standard InChI is InChI=1S/C22H21N5O/c1-15-7-9-17(10-8-15)26-21-18-14-25-22(27-19(18)11-12-23-21)24-13-16-5-3-4-6-20(16)28-2/h3-12,14H,13H2,1-2H3,(H,23,26)(H,24,25,27). The van der Waals surface area contributed by atoms with E-state index in [4.69, 9.17) is 4.74 Å². The van der Waals surface area contributed by atoms with Crippen LogP contribution in [-0.2, 0) is 6.54 Å². The van der Waals surface area contributed by atoms with Crippen molar-refractivity contribution in [1.82, 2.24) is 15.0 Å². The van der Waals surface area contributed by atoms with Crippen LogP contribution in [0.2, 0.25) is 0 Å². The molecular formula is C22H21N5O. The number of para-hydroxylation sites is 1. The van der Waals surface area contributed by atoms with E-state index in [-0.39, 0.29) is 0 Å². The van der Waals surface area contributed by atoms with E-state index >= 15 is 0 Å². The van der Waals surface area contributed by atoms with Crippen LogP contribution in [0.4, 0.5) is 17.5 Å². The van der Waals surface area contributed by atoms with Gasteiger partial charge in [-0.3, -0.25) is 0 Å². The maximum absolute atomic E-state index is 5.39. The smallest absolute Gasteiger partial charge is 0.223 e. The second-order valence-corrected chi connectivity index (χ2v) is 6.44. The lowest BCUT2D eigenvalue weighted by atomic mass is 10.2. The normalized spacial score (nSPS) is 10.6. The molecule has 0 bridgehead atoms. The Morgan fingerprint density at radius 2 is 1.79 bits per heavy atom. The summed E-state index contributed by atoms with van der Waals surface area (Å²) in [5.41, 5.74) is 4.06. The van der Waals surface area contributed by atoms with Gasteiger partial charge in [-0.1, -0.05) is 35.9 Å². The van der Waals surface area contributed by atoms with Crippen LogP contribution in [0, 0.1) is 6.92 Å². The number of fused-ring (bicyclic) bond motifs is 1. The highest BCUT2D eigenvalue weighted by Crippen LogP contribution is 2.24. The number of hydrogen-bond donors (Lipinski definition) is 2. The Morgan fingerprint density at radius 1 is 0.964 bits per heavy atom. The van der Waals surface area contributed by atoms with Crippen LogP contribution in [0.1, 0.15) is 11.1 Å².